The highest BCUT2D eigenvalue weighted by Crippen LogP contribution is 2.28. The van der Waals surface area contributed by atoms with E-state index in [9.17, 15) is 9.90 Å². The molecule has 0 fully saturated rings. The van der Waals surface area contributed by atoms with E-state index in [2.05, 4.69) is 15.3 Å². The number of aromatic nitrogens is 2. The SMILES string of the molecule is COc1cccc(NC(C)(C(=O)O)c2nccnc2C)c1. The van der Waals surface area contributed by atoms with E-state index >= 15 is 0 Å². The third-order valence-corrected chi connectivity index (χ3v) is 3.25. The smallest absolute Gasteiger partial charge is 0.335 e. The minimum atomic E-state index is -1.38. The highest BCUT2D eigenvalue weighted by atomic mass is 16.5. The van der Waals surface area contributed by atoms with E-state index in [0.717, 1.165) is 0 Å². The third-order valence-electron chi connectivity index (χ3n) is 3.25. The van der Waals surface area contributed by atoms with Crippen LogP contribution < -0.4 is 10.1 Å². The second-order valence-electron chi connectivity index (χ2n) is 4.78. The Labute approximate surface area is 122 Å². The lowest BCUT2D eigenvalue weighted by atomic mass is 9.95. The van der Waals surface area contributed by atoms with Gasteiger partial charge in [0.05, 0.1) is 18.5 Å². The molecule has 1 aromatic carbocycles. The van der Waals surface area contributed by atoms with E-state index in [1.54, 1.807) is 45.2 Å². The number of methoxy groups -OCH3 is 1. The van der Waals surface area contributed by atoms with Crippen molar-refractivity contribution in [3.8, 4) is 5.75 Å². The monoisotopic (exact) mass is 287 g/mol. The predicted octanol–water partition coefficient (Wildman–Crippen LogP) is 2.21. The maximum Gasteiger partial charge on any atom is 0.335 e. The first kappa shape index (κ1) is 14.8. The summed E-state index contributed by atoms with van der Waals surface area (Å²) in [5.41, 5.74) is 0.187. The molecule has 0 amide bonds. The van der Waals surface area contributed by atoms with Crippen molar-refractivity contribution in [3.05, 3.63) is 48.0 Å². The van der Waals surface area contributed by atoms with Crippen LogP contribution in [0.2, 0.25) is 0 Å². The number of aliphatic carboxylic acids is 1. The van der Waals surface area contributed by atoms with E-state index in [4.69, 9.17) is 4.74 Å². The largest absolute Gasteiger partial charge is 0.497 e. The van der Waals surface area contributed by atoms with Crippen LogP contribution >= 0.6 is 0 Å². The van der Waals surface area contributed by atoms with Crippen molar-refractivity contribution in [3.63, 3.8) is 0 Å². The van der Waals surface area contributed by atoms with Crippen LogP contribution in [0.25, 0.3) is 0 Å². The summed E-state index contributed by atoms with van der Waals surface area (Å²) in [5.74, 6) is -0.391. The van der Waals surface area contributed by atoms with Crippen molar-refractivity contribution in [1.82, 2.24) is 9.97 Å². The summed E-state index contributed by atoms with van der Waals surface area (Å²) < 4.78 is 5.14. The minimum Gasteiger partial charge on any atom is -0.497 e. The summed E-state index contributed by atoms with van der Waals surface area (Å²) in [7, 11) is 1.56. The van der Waals surface area contributed by atoms with Crippen LogP contribution in [-0.2, 0) is 10.3 Å². The molecule has 1 aromatic heterocycles. The molecule has 0 spiro atoms. The number of benzene rings is 1. The fourth-order valence-corrected chi connectivity index (χ4v) is 2.10. The standard InChI is InChI=1S/C15H17N3O3/c1-10-13(17-8-7-16-10)15(2,14(19)20)18-11-5-4-6-12(9-11)21-3/h4-9,18H,1-3H3,(H,19,20). The maximum atomic E-state index is 11.8. The van der Waals surface area contributed by atoms with E-state index in [1.807, 2.05) is 0 Å². The van der Waals surface area contributed by atoms with Gasteiger partial charge in [-0.2, -0.15) is 0 Å². The molecule has 0 saturated heterocycles. The maximum absolute atomic E-state index is 11.8. The van der Waals surface area contributed by atoms with E-state index < -0.39 is 11.5 Å². The summed E-state index contributed by atoms with van der Waals surface area (Å²) >= 11 is 0. The number of carbonyl (C=O) groups is 1. The van der Waals surface area contributed by atoms with Gasteiger partial charge in [0, 0.05) is 24.1 Å². The van der Waals surface area contributed by atoms with Crippen molar-refractivity contribution in [1.29, 1.82) is 0 Å². The Balaban J connectivity index is 2.44. The van der Waals surface area contributed by atoms with Gasteiger partial charge in [0.2, 0.25) is 0 Å². The molecule has 1 heterocycles. The molecular weight excluding hydrogens is 270 g/mol. The normalized spacial score (nSPS) is 13.3. The van der Waals surface area contributed by atoms with Gasteiger partial charge in [-0.3, -0.25) is 9.97 Å². The molecule has 2 rings (SSSR count). The van der Waals surface area contributed by atoms with E-state index in [0.29, 0.717) is 22.8 Å². The number of nitrogens with one attached hydrogen (secondary N) is 1. The number of carboxylic acids is 1. The number of hydrogen-bond donors (Lipinski definition) is 2. The van der Waals surface area contributed by atoms with E-state index in [-0.39, 0.29) is 0 Å². The molecule has 0 bridgehead atoms. The Morgan fingerprint density at radius 3 is 2.67 bits per heavy atom. The Kier molecular flexibility index (Phi) is 4.07. The molecule has 110 valence electrons. The molecule has 0 aliphatic carbocycles. The van der Waals surface area contributed by atoms with Gasteiger partial charge in [-0.25, -0.2) is 4.79 Å². The molecule has 2 aromatic rings. The zero-order valence-electron chi connectivity index (χ0n) is 12.1. The molecule has 6 heteroatoms. The molecule has 0 aliphatic rings. The van der Waals surface area contributed by atoms with Crippen molar-refractivity contribution in [2.24, 2.45) is 0 Å². The second-order valence-corrected chi connectivity index (χ2v) is 4.78. The fourth-order valence-electron chi connectivity index (χ4n) is 2.10. The van der Waals surface area contributed by atoms with Crippen LogP contribution in [0.3, 0.4) is 0 Å². The Hall–Kier alpha value is -2.63. The third kappa shape index (κ3) is 2.94. The molecule has 0 saturated carbocycles. The number of nitrogens with zero attached hydrogens (tertiary/aromatic N) is 2. The van der Waals surface area contributed by atoms with E-state index in [1.165, 1.54) is 12.4 Å². The summed E-state index contributed by atoms with van der Waals surface area (Å²) in [6, 6.07) is 7.08. The number of ether oxygens (including phenoxy) is 1. The molecule has 2 N–H and O–H groups in total. The fraction of sp³-hybridized carbons (Fsp3) is 0.267. The number of carboxylic acid groups (broad SMARTS) is 1. The van der Waals surface area contributed by atoms with Gasteiger partial charge in [-0.05, 0) is 26.0 Å². The number of hydrogen-bond acceptors (Lipinski definition) is 5. The number of rotatable bonds is 5. The Morgan fingerprint density at radius 1 is 1.33 bits per heavy atom. The van der Waals surface area contributed by atoms with Crippen molar-refractivity contribution in [2.75, 3.05) is 12.4 Å². The average molecular weight is 287 g/mol. The van der Waals surface area contributed by atoms with Crippen LogP contribution in [0.1, 0.15) is 18.3 Å². The lowest BCUT2D eigenvalue weighted by molar-refractivity contribution is -0.142. The summed E-state index contributed by atoms with van der Waals surface area (Å²) in [5, 5.41) is 12.6. The zero-order valence-corrected chi connectivity index (χ0v) is 12.1. The van der Waals surface area contributed by atoms with Gasteiger partial charge in [-0.15, -0.1) is 0 Å². The Bertz CT molecular complexity index is 660. The molecule has 6 nitrogen and oxygen atoms in total. The van der Waals surface area contributed by atoms with Crippen LogP contribution in [-0.4, -0.2) is 28.2 Å². The molecule has 0 radical (unpaired) electrons. The lowest BCUT2D eigenvalue weighted by Crippen LogP contribution is -2.42. The first-order valence-corrected chi connectivity index (χ1v) is 6.41. The zero-order chi connectivity index (χ0) is 15.5. The van der Waals surface area contributed by atoms with Gasteiger partial charge in [0.1, 0.15) is 5.75 Å². The average Bonchev–Trinajstić information content (AvgIpc) is 2.47. The molecular formula is C15H17N3O3. The van der Waals surface area contributed by atoms with Crippen molar-refractivity contribution in [2.45, 2.75) is 19.4 Å². The van der Waals surface area contributed by atoms with Crippen molar-refractivity contribution >= 4 is 11.7 Å². The predicted molar refractivity (Wildman–Crippen MR) is 78.4 cm³/mol. The van der Waals surface area contributed by atoms with Gasteiger partial charge >= 0.3 is 5.97 Å². The summed E-state index contributed by atoms with van der Waals surface area (Å²) in [6.45, 7) is 3.29. The van der Waals surface area contributed by atoms with Crippen LogP contribution in [0.15, 0.2) is 36.7 Å². The summed E-state index contributed by atoms with van der Waals surface area (Å²) in [6.07, 6.45) is 3.02. The van der Waals surface area contributed by atoms with Gasteiger partial charge in [0.15, 0.2) is 5.54 Å². The highest BCUT2D eigenvalue weighted by Gasteiger charge is 2.38. The van der Waals surface area contributed by atoms with Gasteiger partial charge in [-0.1, -0.05) is 6.07 Å². The Morgan fingerprint density at radius 2 is 2.05 bits per heavy atom. The van der Waals surface area contributed by atoms with Gasteiger partial charge < -0.3 is 15.2 Å². The highest BCUT2D eigenvalue weighted by molar-refractivity contribution is 5.83. The minimum absolute atomic E-state index is 0.375. The van der Waals surface area contributed by atoms with Crippen molar-refractivity contribution < 1.29 is 14.6 Å². The van der Waals surface area contributed by atoms with Crippen LogP contribution in [0.5, 0.6) is 5.75 Å². The molecule has 0 aliphatic heterocycles. The summed E-state index contributed by atoms with van der Waals surface area (Å²) in [4.78, 5) is 20.1. The molecule has 21 heavy (non-hydrogen) atoms. The van der Waals surface area contributed by atoms with Crippen LogP contribution in [0.4, 0.5) is 5.69 Å². The van der Waals surface area contributed by atoms with Gasteiger partial charge in [0.25, 0.3) is 0 Å². The first-order chi connectivity index (χ1) is 9.97. The second kappa shape index (κ2) is 5.78. The topological polar surface area (TPSA) is 84.3 Å². The quantitative estimate of drug-likeness (QED) is 0.877. The lowest BCUT2D eigenvalue weighted by Gasteiger charge is -2.27. The molecule has 1 atom stereocenters. The van der Waals surface area contributed by atoms with Crippen LogP contribution in [0, 0.1) is 6.92 Å². The number of aryl methyl sites for hydroxylation is 1. The number of anilines is 1. The molecule has 1 unspecified atom stereocenters. The first-order valence-electron chi connectivity index (χ1n) is 6.41.